The molecule has 1 fully saturated rings. The first-order valence-corrected chi connectivity index (χ1v) is 7.59. The molecule has 5 heteroatoms. The van der Waals surface area contributed by atoms with Gasteiger partial charge in [0.05, 0.1) is 4.90 Å². The summed E-state index contributed by atoms with van der Waals surface area (Å²) in [4.78, 5) is 0.179. The van der Waals surface area contributed by atoms with Crippen LogP contribution in [0.2, 0.25) is 0 Å². The van der Waals surface area contributed by atoms with Crippen LogP contribution < -0.4 is 0 Å². The van der Waals surface area contributed by atoms with E-state index in [9.17, 15) is 8.42 Å². The summed E-state index contributed by atoms with van der Waals surface area (Å²) in [6.45, 7) is 3.99. The van der Waals surface area contributed by atoms with Crippen molar-refractivity contribution < 1.29 is 17.3 Å². The quantitative estimate of drug-likeness (QED) is 0.589. The number of rotatable bonds is 6. The van der Waals surface area contributed by atoms with Gasteiger partial charge in [-0.3, -0.25) is 0 Å². The Morgan fingerprint density at radius 1 is 1.28 bits per heavy atom. The fourth-order valence-corrected chi connectivity index (χ4v) is 2.71. The predicted molar refractivity (Wildman–Crippen MR) is 67.6 cm³/mol. The predicted octanol–water partition coefficient (Wildman–Crippen LogP) is 2.62. The van der Waals surface area contributed by atoms with Crippen molar-refractivity contribution in [3.05, 3.63) is 29.8 Å². The van der Waals surface area contributed by atoms with E-state index in [2.05, 4.69) is 6.92 Å². The number of hydrogen-bond acceptors (Lipinski definition) is 4. The third kappa shape index (κ3) is 3.31. The summed E-state index contributed by atoms with van der Waals surface area (Å²) in [5, 5.41) is 0. The topological polar surface area (TPSA) is 55.9 Å². The molecule has 0 aliphatic carbocycles. The lowest BCUT2D eigenvalue weighted by Crippen LogP contribution is -2.10. The molecule has 0 amide bonds. The van der Waals surface area contributed by atoms with Crippen molar-refractivity contribution in [3.63, 3.8) is 0 Å². The Hall–Kier alpha value is -0.910. The van der Waals surface area contributed by atoms with Gasteiger partial charge in [-0.25, -0.2) is 4.18 Å². The average molecular weight is 270 g/mol. The van der Waals surface area contributed by atoms with Crippen LogP contribution in [0.3, 0.4) is 0 Å². The van der Waals surface area contributed by atoms with E-state index in [0.717, 1.165) is 24.8 Å². The zero-order valence-corrected chi connectivity index (χ0v) is 11.4. The molecule has 1 aromatic rings. The molecular formula is C13H18O4S. The molecule has 18 heavy (non-hydrogen) atoms. The SMILES string of the molecule is CCCCC1OC1OS(=O)(=O)c1ccc(C)cc1. The van der Waals surface area contributed by atoms with Crippen molar-refractivity contribution in [2.45, 2.75) is 50.4 Å². The van der Waals surface area contributed by atoms with Crippen LogP contribution in [0.1, 0.15) is 31.7 Å². The van der Waals surface area contributed by atoms with Crippen LogP contribution in [0.4, 0.5) is 0 Å². The smallest absolute Gasteiger partial charge is 0.299 e. The molecule has 1 aliphatic heterocycles. The zero-order chi connectivity index (χ0) is 13.2. The van der Waals surface area contributed by atoms with E-state index in [1.165, 1.54) is 0 Å². The molecule has 2 rings (SSSR count). The molecule has 1 saturated heterocycles. The van der Waals surface area contributed by atoms with Crippen LogP contribution in [-0.2, 0) is 19.0 Å². The molecule has 1 heterocycles. The van der Waals surface area contributed by atoms with Crippen LogP contribution in [0.5, 0.6) is 0 Å². The molecule has 0 spiro atoms. The van der Waals surface area contributed by atoms with Gasteiger partial charge >= 0.3 is 0 Å². The third-order valence-corrected chi connectivity index (χ3v) is 4.20. The van der Waals surface area contributed by atoms with Gasteiger partial charge in [-0.05, 0) is 25.5 Å². The van der Waals surface area contributed by atoms with Crippen molar-refractivity contribution in [1.29, 1.82) is 0 Å². The number of benzene rings is 1. The monoisotopic (exact) mass is 270 g/mol. The molecule has 0 aromatic heterocycles. The van der Waals surface area contributed by atoms with E-state index in [4.69, 9.17) is 8.92 Å². The minimum absolute atomic E-state index is 0.0647. The van der Waals surface area contributed by atoms with Crippen molar-refractivity contribution in [2.24, 2.45) is 0 Å². The molecule has 0 bridgehead atoms. The Morgan fingerprint density at radius 3 is 2.56 bits per heavy atom. The van der Waals surface area contributed by atoms with Crippen molar-refractivity contribution >= 4 is 10.1 Å². The maximum atomic E-state index is 11.9. The Bertz CT molecular complexity index is 492. The maximum absolute atomic E-state index is 11.9. The van der Waals surface area contributed by atoms with E-state index in [1.807, 2.05) is 6.92 Å². The summed E-state index contributed by atoms with van der Waals surface area (Å²) >= 11 is 0. The number of ether oxygens (including phenoxy) is 1. The normalized spacial score (nSPS) is 23.0. The van der Waals surface area contributed by atoms with Gasteiger partial charge in [-0.2, -0.15) is 8.42 Å². The van der Waals surface area contributed by atoms with Crippen molar-refractivity contribution in [3.8, 4) is 0 Å². The van der Waals surface area contributed by atoms with Gasteiger partial charge in [-0.15, -0.1) is 0 Å². The fraction of sp³-hybridized carbons (Fsp3) is 0.538. The molecule has 4 nitrogen and oxygen atoms in total. The molecule has 2 unspecified atom stereocenters. The van der Waals surface area contributed by atoms with Crippen LogP contribution in [-0.4, -0.2) is 20.8 Å². The first-order valence-electron chi connectivity index (χ1n) is 6.18. The molecule has 0 radical (unpaired) electrons. The highest BCUT2D eigenvalue weighted by atomic mass is 32.2. The summed E-state index contributed by atoms with van der Waals surface area (Å²) in [6.07, 6.45) is 2.28. The van der Waals surface area contributed by atoms with Crippen LogP contribution >= 0.6 is 0 Å². The van der Waals surface area contributed by atoms with Crippen molar-refractivity contribution in [2.75, 3.05) is 0 Å². The third-order valence-electron chi connectivity index (χ3n) is 2.91. The fourth-order valence-electron chi connectivity index (χ4n) is 1.71. The van der Waals surface area contributed by atoms with Gasteiger partial charge in [0.25, 0.3) is 10.1 Å². The van der Waals surface area contributed by atoms with Gasteiger partial charge in [0, 0.05) is 0 Å². The first kappa shape index (κ1) is 13.5. The summed E-state index contributed by atoms with van der Waals surface area (Å²) in [6, 6.07) is 6.60. The van der Waals surface area contributed by atoms with Gasteiger partial charge in [0.2, 0.25) is 6.29 Å². The van der Waals surface area contributed by atoms with E-state index < -0.39 is 16.4 Å². The summed E-state index contributed by atoms with van der Waals surface area (Å²) in [5.41, 5.74) is 1.01. The van der Waals surface area contributed by atoms with E-state index >= 15 is 0 Å². The number of unbranched alkanes of at least 4 members (excludes halogenated alkanes) is 1. The minimum Gasteiger partial charge on any atom is -0.340 e. The summed E-state index contributed by atoms with van der Waals surface area (Å²) < 4.78 is 34.1. The van der Waals surface area contributed by atoms with E-state index in [-0.39, 0.29) is 11.0 Å². The molecule has 100 valence electrons. The molecule has 0 N–H and O–H groups in total. The number of epoxide rings is 1. The van der Waals surface area contributed by atoms with Gasteiger partial charge in [-0.1, -0.05) is 37.5 Å². The van der Waals surface area contributed by atoms with Crippen LogP contribution in [0.15, 0.2) is 29.2 Å². The number of aryl methyl sites for hydroxylation is 1. The largest absolute Gasteiger partial charge is 0.340 e. The van der Waals surface area contributed by atoms with Gasteiger partial charge in [0.15, 0.2) is 0 Å². The maximum Gasteiger partial charge on any atom is 0.299 e. The Labute approximate surface area is 108 Å². The summed E-state index contributed by atoms with van der Waals surface area (Å²) in [7, 11) is -3.70. The van der Waals surface area contributed by atoms with E-state index in [0.29, 0.717) is 0 Å². The highest BCUT2D eigenvalue weighted by molar-refractivity contribution is 7.86. The first-order chi connectivity index (χ1) is 8.53. The summed E-state index contributed by atoms with van der Waals surface area (Å²) in [5.74, 6) is 0. The molecule has 1 aromatic carbocycles. The van der Waals surface area contributed by atoms with Crippen molar-refractivity contribution in [1.82, 2.24) is 0 Å². The Balaban J connectivity index is 1.95. The number of hydrogen-bond donors (Lipinski definition) is 0. The zero-order valence-electron chi connectivity index (χ0n) is 10.6. The Morgan fingerprint density at radius 2 is 1.94 bits per heavy atom. The average Bonchev–Trinajstić information content (AvgIpc) is 3.04. The van der Waals surface area contributed by atoms with Crippen LogP contribution in [0, 0.1) is 6.92 Å². The van der Waals surface area contributed by atoms with Gasteiger partial charge in [0.1, 0.15) is 6.10 Å². The highest BCUT2D eigenvalue weighted by Gasteiger charge is 2.43. The minimum atomic E-state index is -3.70. The highest BCUT2D eigenvalue weighted by Crippen LogP contribution is 2.31. The molecule has 2 atom stereocenters. The lowest BCUT2D eigenvalue weighted by Gasteiger charge is -2.03. The standard InChI is InChI=1S/C13H18O4S/c1-3-4-5-12-13(16-12)17-18(14,15)11-8-6-10(2)7-9-11/h6-9,12-13H,3-5H2,1-2H3. The second kappa shape index (κ2) is 5.38. The molecular weight excluding hydrogens is 252 g/mol. The van der Waals surface area contributed by atoms with Gasteiger partial charge < -0.3 is 4.74 Å². The second-order valence-electron chi connectivity index (χ2n) is 4.55. The molecule has 1 aliphatic rings. The van der Waals surface area contributed by atoms with E-state index in [1.54, 1.807) is 24.3 Å². The lowest BCUT2D eigenvalue weighted by molar-refractivity contribution is 0.185. The van der Waals surface area contributed by atoms with Crippen LogP contribution in [0.25, 0.3) is 0 Å². The lowest BCUT2D eigenvalue weighted by atomic mass is 10.2. The Kier molecular flexibility index (Phi) is 4.04. The molecule has 0 saturated carbocycles. The second-order valence-corrected chi connectivity index (χ2v) is 6.12.